The van der Waals surface area contributed by atoms with Gasteiger partial charge in [-0.25, -0.2) is 0 Å². The number of carbonyl (C=O) groups is 3. The molecule has 5 rings (SSSR count). The molecule has 1 spiro atoms. The zero-order valence-electron chi connectivity index (χ0n) is 20.2. The van der Waals surface area contributed by atoms with Gasteiger partial charge in [-0.3, -0.25) is 14.4 Å². The number of aliphatic hydroxyl groups is 1. The van der Waals surface area contributed by atoms with Gasteiger partial charge in [0.25, 0.3) is 0 Å². The Balaban J connectivity index is 1.64. The number of esters is 1. The van der Waals surface area contributed by atoms with E-state index in [1.807, 2.05) is 37.0 Å². The summed E-state index contributed by atoms with van der Waals surface area (Å²) >= 11 is 1.57. The standard InChI is InChI=1S/C26H36N2O5S/c1-3-17(16-29)28-21-23(31)27(18-10-5-4-6-11-18)14-9-13-26(21)19(22(28)30)20-24(32)33-15-8-7-12-25(20,2)34-26/h7,9,12-13,17-21,29H,3-6,8,10-11,14-16H2,1-2H3/t17-,19-,20-,21?,25+,26-/m0/s1. The molecule has 6 atom stereocenters. The fraction of sp³-hybridized carbons (Fsp3) is 0.731. The van der Waals surface area contributed by atoms with Gasteiger partial charge < -0.3 is 19.6 Å². The zero-order chi connectivity index (χ0) is 24.1. The van der Waals surface area contributed by atoms with E-state index in [2.05, 4.69) is 6.08 Å². The topological polar surface area (TPSA) is 87.2 Å². The lowest BCUT2D eigenvalue weighted by atomic mass is 9.74. The Morgan fingerprint density at radius 2 is 1.88 bits per heavy atom. The number of carbonyl (C=O) groups excluding carboxylic acids is 3. The molecule has 0 aromatic rings. The van der Waals surface area contributed by atoms with Crippen LogP contribution in [0.5, 0.6) is 0 Å². The van der Waals surface area contributed by atoms with Gasteiger partial charge in [-0.15, -0.1) is 11.8 Å². The van der Waals surface area contributed by atoms with Crippen molar-refractivity contribution in [1.29, 1.82) is 0 Å². The zero-order valence-corrected chi connectivity index (χ0v) is 21.0. The number of hydrogen-bond donors (Lipinski definition) is 1. The molecule has 7 nitrogen and oxygen atoms in total. The fourth-order valence-electron chi connectivity index (χ4n) is 6.97. The Labute approximate surface area is 205 Å². The van der Waals surface area contributed by atoms with Gasteiger partial charge >= 0.3 is 5.97 Å². The van der Waals surface area contributed by atoms with Crippen molar-refractivity contribution >= 4 is 29.5 Å². The Hall–Kier alpha value is -1.80. The highest BCUT2D eigenvalue weighted by atomic mass is 32.2. The summed E-state index contributed by atoms with van der Waals surface area (Å²) in [4.78, 5) is 45.4. The lowest BCUT2D eigenvalue weighted by molar-refractivity contribution is -0.155. The summed E-state index contributed by atoms with van der Waals surface area (Å²) in [5, 5.41) is 10.2. The molecule has 0 aromatic heterocycles. The molecule has 1 saturated carbocycles. The Kier molecular flexibility index (Phi) is 6.34. The van der Waals surface area contributed by atoms with Crippen LogP contribution in [0.3, 0.4) is 0 Å². The maximum Gasteiger partial charge on any atom is 0.311 e. The number of nitrogens with zero attached hydrogens (tertiary/aromatic N) is 2. The number of likely N-dealkylation sites (tertiary alicyclic amines) is 1. The van der Waals surface area contributed by atoms with Crippen molar-refractivity contribution in [2.24, 2.45) is 11.8 Å². The van der Waals surface area contributed by atoms with Crippen molar-refractivity contribution in [3.63, 3.8) is 0 Å². The summed E-state index contributed by atoms with van der Waals surface area (Å²) in [5.74, 6) is -1.98. The molecule has 2 saturated heterocycles. The SMILES string of the molecule is CC[C@@H](CO)N1C(=O)[C@@H]2[C@H]3C(=O)OCCC=C[C@@]3(C)S[C@@]23C=CCN(C2CCCCC2)C(=O)C13. The number of cyclic esters (lactones) is 1. The first kappa shape index (κ1) is 23.9. The van der Waals surface area contributed by atoms with E-state index in [-0.39, 0.29) is 30.4 Å². The van der Waals surface area contributed by atoms with E-state index in [9.17, 15) is 19.5 Å². The Morgan fingerprint density at radius 1 is 1.12 bits per heavy atom. The van der Waals surface area contributed by atoms with Crippen LogP contribution >= 0.6 is 11.8 Å². The molecule has 0 aromatic carbocycles. The molecular weight excluding hydrogens is 452 g/mol. The Morgan fingerprint density at radius 3 is 2.59 bits per heavy atom. The van der Waals surface area contributed by atoms with Gasteiger partial charge in [-0.2, -0.15) is 0 Å². The molecule has 4 heterocycles. The number of thioether (sulfide) groups is 1. The second kappa shape index (κ2) is 9.01. The molecule has 186 valence electrons. The predicted molar refractivity (Wildman–Crippen MR) is 130 cm³/mol. The lowest BCUT2D eigenvalue weighted by Crippen LogP contribution is -2.58. The number of fused-ring (bicyclic) bond motifs is 2. The molecule has 1 unspecified atom stereocenters. The molecule has 5 aliphatic rings. The van der Waals surface area contributed by atoms with Crippen molar-refractivity contribution in [3.05, 3.63) is 24.3 Å². The summed E-state index contributed by atoms with van der Waals surface area (Å²) in [7, 11) is 0. The summed E-state index contributed by atoms with van der Waals surface area (Å²) in [5.41, 5.74) is 0. The minimum atomic E-state index is -0.868. The number of ether oxygens (including phenoxy) is 1. The van der Waals surface area contributed by atoms with Crippen LogP contribution in [0.2, 0.25) is 0 Å². The molecule has 0 bridgehead atoms. The third kappa shape index (κ3) is 3.47. The molecule has 3 fully saturated rings. The van der Waals surface area contributed by atoms with Gasteiger partial charge in [0.2, 0.25) is 11.8 Å². The molecule has 34 heavy (non-hydrogen) atoms. The van der Waals surface area contributed by atoms with Crippen LogP contribution in [-0.2, 0) is 19.1 Å². The second-order valence-corrected chi connectivity index (χ2v) is 12.3. The predicted octanol–water partition coefficient (Wildman–Crippen LogP) is 2.68. The third-order valence-corrected chi connectivity index (χ3v) is 10.4. The first-order chi connectivity index (χ1) is 16.4. The van der Waals surface area contributed by atoms with E-state index < -0.39 is 33.4 Å². The third-order valence-electron chi connectivity index (χ3n) is 8.58. The van der Waals surface area contributed by atoms with Crippen molar-refractivity contribution in [2.75, 3.05) is 19.8 Å². The Bertz CT molecular complexity index is 911. The number of aliphatic hydroxyl groups excluding tert-OH is 1. The molecular formula is C26H36N2O5S. The number of hydrogen-bond acceptors (Lipinski definition) is 6. The molecule has 1 aliphatic carbocycles. The van der Waals surface area contributed by atoms with Crippen molar-refractivity contribution in [2.45, 2.75) is 86.4 Å². The first-order valence-corrected chi connectivity index (χ1v) is 13.7. The highest BCUT2D eigenvalue weighted by Gasteiger charge is 2.74. The van der Waals surface area contributed by atoms with Crippen LogP contribution in [0.1, 0.15) is 58.8 Å². The van der Waals surface area contributed by atoms with Gasteiger partial charge in [0, 0.05) is 17.3 Å². The van der Waals surface area contributed by atoms with Crippen molar-refractivity contribution in [3.8, 4) is 0 Å². The van der Waals surface area contributed by atoms with Gasteiger partial charge in [0.05, 0.1) is 35.8 Å². The highest BCUT2D eigenvalue weighted by molar-refractivity contribution is 8.02. The minimum absolute atomic E-state index is 0.0395. The summed E-state index contributed by atoms with van der Waals surface area (Å²) < 4.78 is 4.06. The van der Waals surface area contributed by atoms with E-state index in [0.29, 0.717) is 26.0 Å². The fourth-order valence-corrected chi connectivity index (χ4v) is 9.11. The van der Waals surface area contributed by atoms with Crippen LogP contribution in [0.15, 0.2) is 24.3 Å². The average Bonchev–Trinajstić information content (AvgIpc) is 3.14. The van der Waals surface area contributed by atoms with Crippen LogP contribution in [0.25, 0.3) is 0 Å². The molecule has 2 amide bonds. The van der Waals surface area contributed by atoms with Crippen molar-refractivity contribution < 1.29 is 24.2 Å². The van der Waals surface area contributed by atoms with Crippen LogP contribution < -0.4 is 0 Å². The highest BCUT2D eigenvalue weighted by Crippen LogP contribution is 2.65. The summed E-state index contributed by atoms with van der Waals surface area (Å²) in [6.45, 7) is 4.53. The summed E-state index contributed by atoms with van der Waals surface area (Å²) in [6.07, 6.45) is 14.7. The van der Waals surface area contributed by atoms with Gasteiger partial charge in [-0.1, -0.05) is 50.5 Å². The van der Waals surface area contributed by atoms with Crippen LogP contribution in [0.4, 0.5) is 0 Å². The lowest BCUT2D eigenvalue weighted by Gasteiger charge is -2.41. The largest absolute Gasteiger partial charge is 0.465 e. The van der Waals surface area contributed by atoms with Gasteiger partial charge in [0.15, 0.2) is 0 Å². The quantitative estimate of drug-likeness (QED) is 0.484. The average molecular weight is 489 g/mol. The smallest absolute Gasteiger partial charge is 0.311 e. The second-order valence-electron chi connectivity index (χ2n) is 10.5. The van der Waals surface area contributed by atoms with Gasteiger partial charge in [0.1, 0.15) is 6.04 Å². The maximum atomic E-state index is 14.3. The monoisotopic (exact) mass is 488 g/mol. The first-order valence-electron chi connectivity index (χ1n) is 12.8. The van der Waals surface area contributed by atoms with Crippen LogP contribution in [0, 0.1) is 11.8 Å². The van der Waals surface area contributed by atoms with E-state index in [4.69, 9.17) is 4.74 Å². The number of rotatable bonds is 4. The molecule has 8 heteroatoms. The molecule has 4 aliphatic heterocycles. The van der Waals surface area contributed by atoms with E-state index in [1.54, 1.807) is 16.7 Å². The summed E-state index contributed by atoms with van der Waals surface area (Å²) in [6, 6.07) is -1.03. The maximum absolute atomic E-state index is 14.3. The molecule has 0 radical (unpaired) electrons. The van der Waals surface area contributed by atoms with E-state index >= 15 is 0 Å². The molecule has 1 N–H and O–H groups in total. The number of amides is 2. The van der Waals surface area contributed by atoms with E-state index in [1.165, 1.54) is 6.42 Å². The minimum Gasteiger partial charge on any atom is -0.465 e. The van der Waals surface area contributed by atoms with Gasteiger partial charge in [-0.05, 0) is 32.6 Å². The normalized spacial score (nSPS) is 39.1. The van der Waals surface area contributed by atoms with Crippen LogP contribution in [-0.4, -0.2) is 80.1 Å². The van der Waals surface area contributed by atoms with E-state index in [0.717, 1.165) is 25.7 Å². The van der Waals surface area contributed by atoms with Crippen molar-refractivity contribution in [1.82, 2.24) is 9.80 Å².